The van der Waals surface area contributed by atoms with Crippen LogP contribution in [0.2, 0.25) is 0 Å². The predicted molar refractivity (Wildman–Crippen MR) is 93.8 cm³/mol. The van der Waals surface area contributed by atoms with E-state index in [1.54, 1.807) is 6.07 Å². The van der Waals surface area contributed by atoms with Crippen molar-refractivity contribution < 1.29 is 18.5 Å². The summed E-state index contributed by atoms with van der Waals surface area (Å²) in [6.07, 6.45) is 4.30. The third-order valence-corrected chi connectivity index (χ3v) is 4.55. The minimum atomic E-state index is -2.76. The van der Waals surface area contributed by atoms with Crippen LogP contribution in [0, 0.1) is 10.1 Å². The molecular formula is C17H19F2N5O3. The van der Waals surface area contributed by atoms with Crippen molar-refractivity contribution in [2.45, 2.75) is 25.9 Å². The number of benzene rings is 1. The second-order valence-corrected chi connectivity index (χ2v) is 6.34. The first-order chi connectivity index (χ1) is 12.9. The highest BCUT2D eigenvalue weighted by Gasteiger charge is 2.25. The Morgan fingerprint density at radius 3 is 2.70 bits per heavy atom. The van der Waals surface area contributed by atoms with E-state index >= 15 is 0 Å². The van der Waals surface area contributed by atoms with Crippen LogP contribution in [0.4, 0.5) is 20.2 Å². The van der Waals surface area contributed by atoms with Gasteiger partial charge in [0.15, 0.2) is 0 Å². The first-order valence-corrected chi connectivity index (χ1v) is 8.47. The smallest absolute Gasteiger partial charge is 0.319 e. The first-order valence-electron chi connectivity index (χ1n) is 8.47. The lowest BCUT2D eigenvalue weighted by Gasteiger charge is -2.20. The summed E-state index contributed by atoms with van der Waals surface area (Å²) in [4.78, 5) is 30.5. The van der Waals surface area contributed by atoms with Crippen LogP contribution >= 0.6 is 0 Å². The SMILES string of the molecule is CN(Cc1nccn1C(F)F)C(=O)c1ccc(N2CCCC2)c([N+](=O)[O-])c1. The van der Waals surface area contributed by atoms with Crippen LogP contribution in [0.5, 0.6) is 0 Å². The third kappa shape index (κ3) is 3.88. The molecule has 0 bridgehead atoms. The molecule has 0 N–H and O–H groups in total. The molecule has 10 heteroatoms. The zero-order chi connectivity index (χ0) is 19.6. The predicted octanol–water partition coefficient (Wildman–Crippen LogP) is 3.06. The number of nitrogens with zero attached hydrogens (tertiary/aromatic N) is 5. The van der Waals surface area contributed by atoms with Crippen molar-refractivity contribution in [3.63, 3.8) is 0 Å². The number of alkyl halides is 2. The monoisotopic (exact) mass is 379 g/mol. The van der Waals surface area contributed by atoms with E-state index in [9.17, 15) is 23.7 Å². The molecule has 0 unspecified atom stereocenters. The second-order valence-electron chi connectivity index (χ2n) is 6.34. The van der Waals surface area contributed by atoms with Crippen LogP contribution in [0.15, 0.2) is 30.6 Å². The van der Waals surface area contributed by atoms with E-state index in [2.05, 4.69) is 4.98 Å². The van der Waals surface area contributed by atoms with E-state index in [4.69, 9.17) is 0 Å². The highest BCUT2D eigenvalue weighted by Crippen LogP contribution is 2.32. The number of nitro groups is 1. The van der Waals surface area contributed by atoms with E-state index < -0.39 is 17.4 Å². The van der Waals surface area contributed by atoms with Gasteiger partial charge in [-0.1, -0.05) is 0 Å². The standard InChI is InChI=1S/C17H19F2N5O3/c1-21(11-15-20-6-9-23(15)17(18)19)16(25)12-4-5-13(14(10-12)24(26)27)22-7-2-3-8-22/h4-6,9-10,17H,2-3,7-8,11H2,1H3. The van der Waals surface area contributed by atoms with Crippen molar-refractivity contribution in [3.05, 3.63) is 52.1 Å². The number of imidazole rings is 1. The molecule has 1 aromatic heterocycles. The molecule has 0 atom stereocenters. The lowest BCUT2D eigenvalue weighted by Crippen LogP contribution is -2.28. The van der Waals surface area contributed by atoms with Gasteiger partial charge in [0.05, 0.1) is 11.5 Å². The third-order valence-electron chi connectivity index (χ3n) is 4.55. The molecule has 1 aliphatic heterocycles. The fourth-order valence-corrected chi connectivity index (χ4v) is 3.18. The Balaban J connectivity index is 1.82. The average molecular weight is 379 g/mol. The molecule has 1 amide bonds. The molecule has 0 radical (unpaired) electrons. The van der Waals surface area contributed by atoms with Crippen molar-refractivity contribution in [2.75, 3.05) is 25.0 Å². The molecular weight excluding hydrogens is 360 g/mol. The van der Waals surface area contributed by atoms with Gasteiger partial charge >= 0.3 is 6.55 Å². The lowest BCUT2D eigenvalue weighted by molar-refractivity contribution is -0.384. The average Bonchev–Trinajstić information content (AvgIpc) is 3.32. The Kier molecular flexibility index (Phi) is 5.33. The molecule has 1 aliphatic rings. The minimum absolute atomic E-state index is 0.0315. The van der Waals surface area contributed by atoms with Crippen LogP contribution in [0.25, 0.3) is 0 Å². The lowest BCUT2D eigenvalue weighted by atomic mass is 10.1. The van der Waals surface area contributed by atoms with E-state index in [0.29, 0.717) is 10.3 Å². The van der Waals surface area contributed by atoms with Gasteiger partial charge in [0.1, 0.15) is 11.5 Å². The van der Waals surface area contributed by atoms with Gasteiger partial charge in [-0.3, -0.25) is 19.5 Å². The maximum absolute atomic E-state index is 12.9. The Hall–Kier alpha value is -3.04. The van der Waals surface area contributed by atoms with Crippen molar-refractivity contribution in [1.29, 1.82) is 0 Å². The van der Waals surface area contributed by atoms with Crippen LogP contribution in [-0.2, 0) is 6.54 Å². The molecule has 0 spiro atoms. The van der Waals surface area contributed by atoms with Gasteiger partial charge in [0, 0.05) is 44.2 Å². The Bertz CT molecular complexity index is 849. The summed E-state index contributed by atoms with van der Waals surface area (Å²) in [5, 5.41) is 11.5. The minimum Gasteiger partial charge on any atom is -0.366 e. The molecule has 0 aliphatic carbocycles. The van der Waals surface area contributed by atoms with Crippen molar-refractivity contribution in [2.24, 2.45) is 0 Å². The zero-order valence-electron chi connectivity index (χ0n) is 14.7. The summed E-state index contributed by atoms with van der Waals surface area (Å²) < 4.78 is 26.5. The summed E-state index contributed by atoms with van der Waals surface area (Å²) in [5.41, 5.74) is 0.484. The Morgan fingerprint density at radius 2 is 2.07 bits per heavy atom. The van der Waals surface area contributed by atoms with Crippen LogP contribution in [-0.4, -0.2) is 45.4 Å². The summed E-state index contributed by atoms with van der Waals surface area (Å²) in [6, 6.07) is 4.34. The number of carbonyl (C=O) groups excluding carboxylic acids is 1. The van der Waals surface area contributed by atoms with E-state index in [-0.39, 0.29) is 23.6 Å². The van der Waals surface area contributed by atoms with Gasteiger partial charge in [-0.2, -0.15) is 8.78 Å². The fraction of sp³-hybridized carbons (Fsp3) is 0.412. The molecule has 1 fully saturated rings. The number of nitro benzene ring substituents is 1. The Labute approximate surface area is 154 Å². The number of anilines is 1. The molecule has 8 nitrogen and oxygen atoms in total. The number of rotatable bonds is 6. The molecule has 1 aromatic carbocycles. The number of hydrogen-bond acceptors (Lipinski definition) is 5. The van der Waals surface area contributed by atoms with Gasteiger partial charge in [0.25, 0.3) is 11.6 Å². The number of carbonyl (C=O) groups is 1. The summed E-state index contributed by atoms with van der Waals surface area (Å²) in [5.74, 6) is -0.473. The molecule has 27 heavy (non-hydrogen) atoms. The Morgan fingerprint density at radius 1 is 1.37 bits per heavy atom. The van der Waals surface area contributed by atoms with Crippen LogP contribution < -0.4 is 4.90 Å². The van der Waals surface area contributed by atoms with Crippen molar-refractivity contribution in [1.82, 2.24) is 14.5 Å². The maximum Gasteiger partial charge on any atom is 0.319 e. The number of aromatic nitrogens is 2. The number of hydrogen-bond donors (Lipinski definition) is 0. The van der Waals surface area contributed by atoms with Crippen molar-refractivity contribution in [3.8, 4) is 0 Å². The van der Waals surface area contributed by atoms with E-state index in [0.717, 1.165) is 32.1 Å². The fourth-order valence-electron chi connectivity index (χ4n) is 3.18. The quantitative estimate of drug-likeness (QED) is 0.569. The van der Waals surface area contributed by atoms with Gasteiger partial charge in [-0.15, -0.1) is 0 Å². The molecule has 0 saturated carbocycles. The van der Waals surface area contributed by atoms with Gasteiger partial charge < -0.3 is 9.80 Å². The molecule has 144 valence electrons. The summed E-state index contributed by atoms with van der Waals surface area (Å²) >= 11 is 0. The first kappa shape index (κ1) is 18.7. The topological polar surface area (TPSA) is 84.5 Å². The second kappa shape index (κ2) is 7.68. The van der Waals surface area contributed by atoms with Gasteiger partial charge in [-0.25, -0.2) is 4.98 Å². The molecule has 1 saturated heterocycles. The van der Waals surface area contributed by atoms with E-state index in [1.165, 1.54) is 30.3 Å². The highest BCUT2D eigenvalue weighted by molar-refractivity contribution is 5.95. The number of amides is 1. The van der Waals surface area contributed by atoms with Crippen molar-refractivity contribution >= 4 is 17.3 Å². The zero-order valence-corrected chi connectivity index (χ0v) is 14.7. The maximum atomic E-state index is 12.9. The van der Waals surface area contributed by atoms with Gasteiger partial charge in [0.2, 0.25) is 0 Å². The largest absolute Gasteiger partial charge is 0.366 e. The molecule has 2 heterocycles. The summed E-state index contributed by atoms with van der Waals surface area (Å²) in [6.45, 7) is -1.42. The molecule has 3 rings (SSSR count). The summed E-state index contributed by atoms with van der Waals surface area (Å²) in [7, 11) is 1.44. The van der Waals surface area contributed by atoms with Crippen LogP contribution in [0.1, 0.15) is 35.6 Å². The van der Waals surface area contributed by atoms with Gasteiger partial charge in [-0.05, 0) is 25.0 Å². The van der Waals surface area contributed by atoms with Crippen LogP contribution in [0.3, 0.4) is 0 Å². The normalized spacial score (nSPS) is 14.0. The van der Waals surface area contributed by atoms with E-state index in [1.807, 2.05) is 4.90 Å². The number of halogens is 2. The highest BCUT2D eigenvalue weighted by atomic mass is 19.3. The molecule has 2 aromatic rings.